The third-order valence-corrected chi connectivity index (χ3v) is 6.35. The summed E-state index contributed by atoms with van der Waals surface area (Å²) in [6, 6.07) is 12.9. The summed E-state index contributed by atoms with van der Waals surface area (Å²) in [5.74, 6) is -0.233. The smallest absolute Gasteiger partial charge is 0.123 e. The van der Waals surface area contributed by atoms with Crippen molar-refractivity contribution >= 4 is 11.3 Å². The van der Waals surface area contributed by atoms with Gasteiger partial charge in [-0.1, -0.05) is 6.07 Å². The molecular weight excluding hydrogens is 399 g/mol. The molecule has 0 amide bonds. The lowest BCUT2D eigenvalue weighted by atomic mass is 10.1. The first-order valence-corrected chi connectivity index (χ1v) is 11.2. The Balaban J connectivity index is 1.39. The van der Waals surface area contributed by atoms with Gasteiger partial charge in [-0.15, -0.1) is 11.3 Å². The number of thiazole rings is 1. The summed E-state index contributed by atoms with van der Waals surface area (Å²) in [5.41, 5.74) is 3.94. The Morgan fingerprint density at radius 1 is 1.10 bits per heavy atom. The topological polar surface area (TPSA) is 52.5 Å². The standard InChI is InChI=1S/C23H27FN4OS/c1-17-3-2-4-20(25-17)13-28-11-10-27(14-21(28)9-12-29)15-23-26-22(16-30-23)18-5-7-19(24)8-6-18/h2-8,16,21,29H,9-15H2,1H3. The van der Waals surface area contributed by atoms with Gasteiger partial charge in [-0.3, -0.25) is 14.8 Å². The quantitative estimate of drug-likeness (QED) is 0.624. The number of rotatable bonds is 7. The van der Waals surface area contributed by atoms with Crippen LogP contribution in [0, 0.1) is 12.7 Å². The molecule has 1 aliphatic rings. The van der Waals surface area contributed by atoms with Gasteiger partial charge in [0.15, 0.2) is 0 Å². The molecule has 0 saturated carbocycles. The molecule has 30 heavy (non-hydrogen) atoms. The Labute approximate surface area is 180 Å². The van der Waals surface area contributed by atoms with Crippen LogP contribution in [0.1, 0.15) is 22.8 Å². The summed E-state index contributed by atoms with van der Waals surface area (Å²) >= 11 is 1.64. The monoisotopic (exact) mass is 426 g/mol. The van der Waals surface area contributed by atoms with E-state index in [1.807, 2.05) is 18.4 Å². The zero-order chi connectivity index (χ0) is 20.9. The molecule has 158 valence electrons. The highest BCUT2D eigenvalue weighted by Crippen LogP contribution is 2.24. The summed E-state index contributed by atoms with van der Waals surface area (Å²) in [6.45, 7) is 6.60. The highest BCUT2D eigenvalue weighted by molar-refractivity contribution is 7.09. The molecule has 1 aliphatic heterocycles. The van der Waals surface area contributed by atoms with Crippen LogP contribution in [-0.2, 0) is 13.1 Å². The SMILES string of the molecule is Cc1cccc(CN2CCN(Cc3nc(-c4ccc(F)cc4)cs3)CC2CCO)n1. The molecule has 1 fully saturated rings. The Bertz CT molecular complexity index is 962. The summed E-state index contributed by atoms with van der Waals surface area (Å²) in [5, 5.41) is 12.7. The molecule has 0 bridgehead atoms. The average molecular weight is 427 g/mol. The van der Waals surface area contributed by atoms with Gasteiger partial charge in [-0.2, -0.15) is 0 Å². The number of aryl methyl sites for hydroxylation is 1. The van der Waals surface area contributed by atoms with Gasteiger partial charge in [0, 0.05) is 55.5 Å². The van der Waals surface area contributed by atoms with Crippen molar-refractivity contribution in [3.05, 3.63) is 70.1 Å². The maximum Gasteiger partial charge on any atom is 0.123 e. The van der Waals surface area contributed by atoms with Gasteiger partial charge in [0.25, 0.3) is 0 Å². The Morgan fingerprint density at radius 2 is 1.93 bits per heavy atom. The maximum absolute atomic E-state index is 13.2. The van der Waals surface area contributed by atoms with Gasteiger partial charge >= 0.3 is 0 Å². The highest BCUT2D eigenvalue weighted by atomic mass is 32.1. The first-order valence-electron chi connectivity index (χ1n) is 10.3. The predicted molar refractivity (Wildman–Crippen MR) is 118 cm³/mol. The molecule has 0 radical (unpaired) electrons. The fraction of sp³-hybridized carbons (Fsp3) is 0.391. The van der Waals surface area contributed by atoms with E-state index in [-0.39, 0.29) is 12.4 Å². The van der Waals surface area contributed by atoms with E-state index in [1.54, 1.807) is 23.5 Å². The van der Waals surface area contributed by atoms with Crippen LogP contribution in [0.15, 0.2) is 47.8 Å². The molecule has 5 nitrogen and oxygen atoms in total. The molecule has 4 rings (SSSR count). The van der Waals surface area contributed by atoms with Crippen LogP contribution in [-0.4, -0.2) is 57.2 Å². The van der Waals surface area contributed by atoms with Gasteiger partial charge in [0.05, 0.1) is 17.9 Å². The van der Waals surface area contributed by atoms with Crippen LogP contribution >= 0.6 is 11.3 Å². The van der Waals surface area contributed by atoms with Crippen molar-refractivity contribution in [2.24, 2.45) is 0 Å². The number of hydrogen-bond donors (Lipinski definition) is 1. The van der Waals surface area contributed by atoms with E-state index >= 15 is 0 Å². The number of aliphatic hydroxyl groups is 1. The van der Waals surface area contributed by atoms with Crippen molar-refractivity contribution in [1.82, 2.24) is 19.8 Å². The number of halogens is 1. The molecule has 1 aromatic carbocycles. The van der Waals surface area contributed by atoms with Crippen molar-refractivity contribution in [1.29, 1.82) is 0 Å². The van der Waals surface area contributed by atoms with Crippen LogP contribution in [0.25, 0.3) is 11.3 Å². The first kappa shape index (κ1) is 21.1. The summed E-state index contributed by atoms with van der Waals surface area (Å²) in [4.78, 5) is 14.2. The van der Waals surface area contributed by atoms with Crippen LogP contribution in [0.3, 0.4) is 0 Å². The predicted octanol–water partition coefficient (Wildman–Crippen LogP) is 3.72. The Morgan fingerprint density at radius 3 is 2.70 bits per heavy atom. The lowest BCUT2D eigenvalue weighted by Gasteiger charge is -2.41. The number of piperazine rings is 1. The number of hydrogen-bond acceptors (Lipinski definition) is 6. The lowest BCUT2D eigenvalue weighted by molar-refractivity contribution is 0.0491. The summed E-state index contributed by atoms with van der Waals surface area (Å²) in [6.07, 6.45) is 0.751. The first-order chi connectivity index (χ1) is 14.6. The van der Waals surface area contributed by atoms with Gasteiger partial charge in [-0.25, -0.2) is 9.37 Å². The Hall–Kier alpha value is -2.19. The van der Waals surface area contributed by atoms with E-state index in [0.717, 1.165) is 66.8 Å². The van der Waals surface area contributed by atoms with Gasteiger partial charge in [-0.05, 0) is 49.7 Å². The zero-order valence-corrected chi connectivity index (χ0v) is 18.0. The minimum absolute atomic E-state index is 0.183. The van der Waals surface area contributed by atoms with Gasteiger partial charge < -0.3 is 5.11 Å². The second kappa shape index (κ2) is 9.75. The normalized spacial score (nSPS) is 18.0. The van der Waals surface area contributed by atoms with Gasteiger partial charge in [0.2, 0.25) is 0 Å². The van der Waals surface area contributed by atoms with Crippen molar-refractivity contribution < 1.29 is 9.50 Å². The van der Waals surface area contributed by atoms with Crippen molar-refractivity contribution in [2.45, 2.75) is 32.5 Å². The number of aliphatic hydroxyl groups excluding tert-OH is 1. The fourth-order valence-electron chi connectivity index (χ4n) is 3.96. The lowest BCUT2D eigenvalue weighted by Crippen LogP contribution is -2.52. The molecule has 3 aromatic rings. The molecule has 1 N–H and O–H groups in total. The van der Waals surface area contributed by atoms with Crippen molar-refractivity contribution in [3.63, 3.8) is 0 Å². The molecule has 1 atom stereocenters. The third-order valence-electron chi connectivity index (χ3n) is 5.51. The van der Waals surface area contributed by atoms with Gasteiger partial charge in [0.1, 0.15) is 10.8 Å². The fourth-order valence-corrected chi connectivity index (χ4v) is 4.80. The molecule has 7 heteroatoms. The minimum atomic E-state index is -0.233. The zero-order valence-electron chi connectivity index (χ0n) is 17.2. The van der Waals surface area contributed by atoms with E-state index in [0.29, 0.717) is 6.04 Å². The summed E-state index contributed by atoms with van der Waals surface area (Å²) in [7, 11) is 0. The molecule has 1 saturated heterocycles. The second-order valence-corrected chi connectivity index (χ2v) is 8.72. The second-order valence-electron chi connectivity index (χ2n) is 7.78. The number of pyridine rings is 1. The highest BCUT2D eigenvalue weighted by Gasteiger charge is 2.27. The van der Waals surface area contributed by atoms with Crippen LogP contribution in [0.2, 0.25) is 0 Å². The van der Waals surface area contributed by atoms with E-state index in [4.69, 9.17) is 4.98 Å². The number of benzene rings is 1. The van der Waals surface area contributed by atoms with Crippen LogP contribution in [0.4, 0.5) is 4.39 Å². The third kappa shape index (κ3) is 5.29. The molecular formula is C23H27FN4OS. The molecule has 0 spiro atoms. The minimum Gasteiger partial charge on any atom is -0.396 e. The van der Waals surface area contributed by atoms with Crippen LogP contribution < -0.4 is 0 Å². The molecule has 3 heterocycles. The van der Waals surface area contributed by atoms with Crippen LogP contribution in [0.5, 0.6) is 0 Å². The summed E-state index contributed by atoms with van der Waals surface area (Å²) < 4.78 is 13.2. The van der Waals surface area contributed by atoms with Crippen molar-refractivity contribution in [3.8, 4) is 11.3 Å². The number of aromatic nitrogens is 2. The average Bonchev–Trinajstić information content (AvgIpc) is 3.19. The van der Waals surface area contributed by atoms with E-state index < -0.39 is 0 Å². The van der Waals surface area contributed by atoms with E-state index in [1.165, 1.54) is 12.1 Å². The molecule has 2 aromatic heterocycles. The largest absolute Gasteiger partial charge is 0.396 e. The number of nitrogens with zero attached hydrogens (tertiary/aromatic N) is 4. The Kier molecular flexibility index (Phi) is 6.84. The maximum atomic E-state index is 13.2. The van der Waals surface area contributed by atoms with E-state index in [9.17, 15) is 9.50 Å². The molecule has 0 aliphatic carbocycles. The molecule has 1 unspecified atom stereocenters. The van der Waals surface area contributed by atoms with Crippen molar-refractivity contribution in [2.75, 3.05) is 26.2 Å². The van der Waals surface area contributed by atoms with E-state index in [2.05, 4.69) is 26.9 Å².